The van der Waals surface area contributed by atoms with Gasteiger partial charge in [-0.05, 0) is 6.92 Å². The summed E-state index contributed by atoms with van der Waals surface area (Å²) >= 11 is 4.41. The van der Waals surface area contributed by atoms with Gasteiger partial charge in [0.2, 0.25) is 5.63 Å². The average Bonchev–Trinajstić information content (AvgIpc) is 1.67. The Morgan fingerprint density at radius 2 is 2.00 bits per heavy atom. The van der Waals surface area contributed by atoms with Gasteiger partial charge in [-0.3, -0.25) is 0 Å². The molecule has 0 fully saturated rings. The van der Waals surface area contributed by atoms with Crippen LogP contribution in [0.2, 0.25) is 0 Å². The molecule has 0 aliphatic rings. The van der Waals surface area contributed by atoms with Crippen LogP contribution in [0.4, 0.5) is 13.2 Å². The minimum absolute atomic E-state index is 0.808. The molecule has 0 nitrogen and oxygen atoms in total. The van der Waals surface area contributed by atoms with Gasteiger partial charge < -0.3 is 0 Å². The van der Waals surface area contributed by atoms with Gasteiger partial charge in [0.1, 0.15) is 0 Å². The number of hydrogen-bond donors (Lipinski definition) is 0. The third-order valence-electron chi connectivity index (χ3n) is 0.653. The molecule has 0 heterocycles. The van der Waals surface area contributed by atoms with Gasteiger partial charge in [-0.2, -0.15) is 0 Å². The van der Waals surface area contributed by atoms with Crippen molar-refractivity contribution in [3.8, 4) is 0 Å². The normalized spacial score (nSPS) is 16.1. The van der Waals surface area contributed by atoms with E-state index in [1.165, 1.54) is 0 Å². The Labute approximate surface area is 50.6 Å². The zero-order valence-corrected chi connectivity index (χ0v) is 4.76. The van der Waals surface area contributed by atoms with Gasteiger partial charge in [-0.1, -0.05) is 11.6 Å². The van der Waals surface area contributed by atoms with Crippen molar-refractivity contribution in [1.82, 2.24) is 0 Å². The second kappa shape index (κ2) is 2.58. The molecule has 0 aliphatic heterocycles. The standard InChI is InChI=1S/C4H5ClF3/c1-2-4(7,8)3(5)6/h3H,1-2H2. The van der Waals surface area contributed by atoms with E-state index in [1.807, 2.05) is 0 Å². The van der Waals surface area contributed by atoms with Crippen molar-refractivity contribution >= 4 is 11.6 Å². The molecule has 4 heteroatoms. The summed E-state index contributed by atoms with van der Waals surface area (Å²) in [5, 5.41) is 0. The minimum atomic E-state index is -3.47. The van der Waals surface area contributed by atoms with Crippen molar-refractivity contribution in [2.75, 3.05) is 0 Å². The summed E-state index contributed by atoms with van der Waals surface area (Å²) in [6.45, 7) is 2.80. The van der Waals surface area contributed by atoms with Crippen molar-refractivity contribution in [2.45, 2.75) is 18.0 Å². The topological polar surface area (TPSA) is 0 Å². The Bertz CT molecular complexity index is 71.7. The highest BCUT2D eigenvalue weighted by molar-refractivity contribution is 6.20. The predicted molar refractivity (Wildman–Crippen MR) is 25.7 cm³/mol. The second-order valence-corrected chi connectivity index (χ2v) is 1.69. The van der Waals surface area contributed by atoms with Crippen LogP contribution >= 0.6 is 11.6 Å². The van der Waals surface area contributed by atoms with Gasteiger partial charge in [0.25, 0.3) is 5.92 Å². The lowest BCUT2D eigenvalue weighted by atomic mass is 10.3. The van der Waals surface area contributed by atoms with E-state index >= 15 is 0 Å². The fraction of sp³-hybridized carbons (Fsp3) is 0.750. The van der Waals surface area contributed by atoms with Crippen LogP contribution in [-0.2, 0) is 0 Å². The predicted octanol–water partition coefficient (Wildman–Crippen LogP) is 2.38. The van der Waals surface area contributed by atoms with Gasteiger partial charge in [0.15, 0.2) is 0 Å². The van der Waals surface area contributed by atoms with Crippen molar-refractivity contribution in [3.05, 3.63) is 6.92 Å². The minimum Gasteiger partial charge on any atom is -0.223 e. The summed E-state index contributed by atoms with van der Waals surface area (Å²) < 4.78 is 34.9. The molecule has 49 valence electrons. The highest BCUT2D eigenvalue weighted by Gasteiger charge is 2.36. The number of rotatable bonds is 2. The zero-order valence-electron chi connectivity index (χ0n) is 4.00. The van der Waals surface area contributed by atoms with Gasteiger partial charge in [-0.25, -0.2) is 13.2 Å². The second-order valence-electron chi connectivity index (χ2n) is 1.31. The lowest BCUT2D eigenvalue weighted by Gasteiger charge is -2.11. The number of hydrogen-bond acceptors (Lipinski definition) is 0. The van der Waals surface area contributed by atoms with Gasteiger partial charge >= 0.3 is 0 Å². The van der Waals surface area contributed by atoms with E-state index in [9.17, 15) is 13.2 Å². The molecule has 0 aromatic carbocycles. The summed E-state index contributed by atoms with van der Waals surface area (Å²) in [6.07, 6.45) is -0.808. The third kappa shape index (κ3) is 1.90. The van der Waals surface area contributed by atoms with Crippen molar-refractivity contribution in [2.24, 2.45) is 0 Å². The smallest absolute Gasteiger partial charge is 0.223 e. The van der Waals surface area contributed by atoms with E-state index in [4.69, 9.17) is 0 Å². The van der Waals surface area contributed by atoms with Crippen LogP contribution in [0.5, 0.6) is 0 Å². The van der Waals surface area contributed by atoms with Crippen molar-refractivity contribution in [3.63, 3.8) is 0 Å². The fourth-order valence-corrected chi connectivity index (χ4v) is 0.218. The molecule has 0 saturated heterocycles. The Hall–Kier alpha value is 0.0800. The molecule has 0 N–H and O–H groups in total. The van der Waals surface area contributed by atoms with E-state index in [0.717, 1.165) is 0 Å². The van der Waals surface area contributed by atoms with Crippen LogP contribution in [0, 0.1) is 6.92 Å². The Morgan fingerprint density at radius 1 is 1.62 bits per heavy atom. The Balaban J connectivity index is 3.71. The first-order valence-electron chi connectivity index (χ1n) is 1.96. The van der Waals surface area contributed by atoms with Crippen LogP contribution in [0.15, 0.2) is 0 Å². The highest BCUT2D eigenvalue weighted by Crippen LogP contribution is 2.27. The molecule has 0 spiro atoms. The van der Waals surface area contributed by atoms with E-state index in [-0.39, 0.29) is 0 Å². The maximum atomic E-state index is 11.7. The van der Waals surface area contributed by atoms with Crippen LogP contribution in [0.25, 0.3) is 0 Å². The lowest BCUT2D eigenvalue weighted by Crippen LogP contribution is -2.23. The highest BCUT2D eigenvalue weighted by atomic mass is 35.5. The molecule has 1 radical (unpaired) electrons. The molecule has 0 rings (SSSR count). The maximum absolute atomic E-state index is 11.7. The molecular weight excluding hydrogens is 140 g/mol. The quantitative estimate of drug-likeness (QED) is 0.524. The zero-order chi connectivity index (χ0) is 6.78. The van der Waals surface area contributed by atoms with Crippen LogP contribution in [0.3, 0.4) is 0 Å². The van der Waals surface area contributed by atoms with E-state index < -0.39 is 18.0 Å². The maximum Gasteiger partial charge on any atom is 0.292 e. The summed E-state index contributed by atoms with van der Waals surface area (Å²) in [7, 11) is 0. The van der Waals surface area contributed by atoms with E-state index in [0.29, 0.717) is 0 Å². The molecule has 0 aliphatic carbocycles. The summed E-state index contributed by atoms with van der Waals surface area (Å²) in [4.78, 5) is 0. The van der Waals surface area contributed by atoms with Crippen molar-refractivity contribution < 1.29 is 13.2 Å². The molecule has 0 aromatic rings. The summed E-state index contributed by atoms with van der Waals surface area (Å²) in [5.41, 5.74) is -2.61. The molecule has 0 bridgehead atoms. The summed E-state index contributed by atoms with van der Waals surface area (Å²) in [5.74, 6) is -3.47. The molecule has 8 heavy (non-hydrogen) atoms. The first-order valence-corrected chi connectivity index (χ1v) is 2.39. The number of halogens is 4. The largest absolute Gasteiger partial charge is 0.292 e. The Kier molecular flexibility index (Phi) is 2.60. The monoisotopic (exact) mass is 145 g/mol. The van der Waals surface area contributed by atoms with Gasteiger partial charge in [0, 0.05) is 6.42 Å². The molecule has 0 amide bonds. The lowest BCUT2D eigenvalue weighted by molar-refractivity contribution is -0.0375. The molecule has 1 unspecified atom stereocenters. The van der Waals surface area contributed by atoms with Crippen molar-refractivity contribution in [1.29, 1.82) is 0 Å². The first-order chi connectivity index (χ1) is 3.50. The van der Waals surface area contributed by atoms with E-state index in [2.05, 4.69) is 18.5 Å². The molecule has 0 saturated carbocycles. The van der Waals surface area contributed by atoms with Gasteiger partial charge in [0.05, 0.1) is 0 Å². The Morgan fingerprint density at radius 3 is 2.00 bits per heavy atom. The molecule has 1 atom stereocenters. The number of alkyl halides is 4. The van der Waals surface area contributed by atoms with Crippen LogP contribution in [-0.4, -0.2) is 11.6 Å². The fourth-order valence-electron chi connectivity index (χ4n) is 0.109. The first kappa shape index (κ1) is 8.08. The third-order valence-corrected chi connectivity index (χ3v) is 0.972. The van der Waals surface area contributed by atoms with Crippen LogP contribution < -0.4 is 0 Å². The van der Waals surface area contributed by atoms with Gasteiger partial charge in [-0.15, -0.1) is 0 Å². The average molecular weight is 146 g/mol. The SMILES string of the molecule is [CH2]CC(F)(F)C(F)Cl. The van der Waals surface area contributed by atoms with E-state index in [1.54, 1.807) is 0 Å². The molecular formula is C4H5ClF3. The van der Waals surface area contributed by atoms with Crippen LogP contribution in [0.1, 0.15) is 6.42 Å². The summed E-state index contributed by atoms with van der Waals surface area (Å²) in [6, 6.07) is 0. The molecule has 0 aromatic heterocycles.